The van der Waals surface area contributed by atoms with Crippen molar-refractivity contribution in [3.8, 4) is 0 Å². The Morgan fingerprint density at radius 2 is 2.31 bits per heavy atom. The van der Waals surface area contributed by atoms with Gasteiger partial charge < -0.3 is 10.8 Å². The van der Waals surface area contributed by atoms with Crippen LogP contribution < -0.4 is 5.73 Å². The zero-order chi connectivity index (χ0) is 9.68. The number of hydrogen-bond acceptors (Lipinski definition) is 3. The van der Waals surface area contributed by atoms with Crippen LogP contribution in [0.25, 0.3) is 0 Å². The van der Waals surface area contributed by atoms with E-state index < -0.39 is 0 Å². The second-order valence-corrected chi connectivity index (χ2v) is 4.33. The van der Waals surface area contributed by atoms with Crippen molar-refractivity contribution < 1.29 is 5.11 Å². The molecule has 0 amide bonds. The van der Waals surface area contributed by atoms with Crippen molar-refractivity contribution in [3.05, 3.63) is 21.9 Å². The van der Waals surface area contributed by atoms with Gasteiger partial charge in [-0.1, -0.05) is 6.92 Å². The van der Waals surface area contributed by atoms with Gasteiger partial charge in [-0.15, -0.1) is 11.3 Å². The summed E-state index contributed by atoms with van der Waals surface area (Å²) in [5, 5.41) is 8.66. The molecule has 1 heterocycles. The molecule has 0 radical (unpaired) electrons. The Hall–Kier alpha value is -0.380. The van der Waals surface area contributed by atoms with Gasteiger partial charge in [-0.3, -0.25) is 0 Å². The topological polar surface area (TPSA) is 46.2 Å². The summed E-state index contributed by atoms with van der Waals surface area (Å²) in [4.78, 5) is 2.62. The third-order valence-electron chi connectivity index (χ3n) is 2.07. The molecule has 0 unspecified atom stereocenters. The molecule has 1 atom stereocenters. The summed E-state index contributed by atoms with van der Waals surface area (Å²) in [5.74, 6) is 0. The first-order chi connectivity index (χ1) is 6.27. The van der Waals surface area contributed by atoms with Gasteiger partial charge >= 0.3 is 0 Å². The van der Waals surface area contributed by atoms with Crippen LogP contribution in [-0.2, 0) is 6.42 Å². The molecule has 0 saturated heterocycles. The Bertz CT molecular complexity index is 247. The highest BCUT2D eigenvalue weighted by molar-refractivity contribution is 7.12. The van der Waals surface area contributed by atoms with Gasteiger partial charge in [0.25, 0.3) is 0 Å². The molecule has 74 valence electrons. The van der Waals surface area contributed by atoms with Crippen LogP contribution in [0.2, 0.25) is 0 Å². The van der Waals surface area contributed by atoms with Gasteiger partial charge in [-0.05, 0) is 31.4 Å². The predicted octanol–water partition coefficient (Wildman–Crippen LogP) is 2.08. The van der Waals surface area contributed by atoms with E-state index >= 15 is 0 Å². The molecule has 0 fully saturated rings. The Labute approximate surface area is 83.4 Å². The molecule has 1 aromatic rings. The van der Waals surface area contributed by atoms with Gasteiger partial charge in [0, 0.05) is 22.4 Å². The minimum atomic E-state index is 0.109. The molecule has 0 aliphatic carbocycles. The molecule has 1 rings (SSSR count). The fourth-order valence-electron chi connectivity index (χ4n) is 1.24. The maximum atomic E-state index is 8.66. The van der Waals surface area contributed by atoms with Crippen LogP contribution in [0.1, 0.15) is 35.6 Å². The molecular weight excluding hydrogens is 182 g/mol. The highest BCUT2D eigenvalue weighted by atomic mass is 32.1. The van der Waals surface area contributed by atoms with Crippen LogP contribution in [0, 0.1) is 0 Å². The number of thiophene rings is 1. The lowest BCUT2D eigenvalue weighted by Crippen LogP contribution is -2.08. The summed E-state index contributed by atoms with van der Waals surface area (Å²) < 4.78 is 0. The highest BCUT2D eigenvalue weighted by Crippen LogP contribution is 2.24. The van der Waals surface area contributed by atoms with E-state index in [0.29, 0.717) is 0 Å². The summed E-state index contributed by atoms with van der Waals surface area (Å²) in [5.41, 5.74) is 5.95. The fourth-order valence-corrected chi connectivity index (χ4v) is 2.23. The van der Waals surface area contributed by atoms with Crippen LogP contribution in [0.4, 0.5) is 0 Å². The second-order valence-electron chi connectivity index (χ2n) is 3.13. The average Bonchev–Trinajstić information content (AvgIpc) is 2.62. The standard InChI is InChI=1S/C10H17NOS/c1-2-8-5-6-10(13-8)9(11)4-3-7-12/h5-6,9,12H,2-4,7,11H2,1H3/t9-/m0/s1. The lowest BCUT2D eigenvalue weighted by Gasteiger charge is -2.07. The fraction of sp³-hybridized carbons (Fsp3) is 0.600. The number of hydrogen-bond donors (Lipinski definition) is 2. The van der Waals surface area contributed by atoms with E-state index in [1.807, 2.05) is 0 Å². The molecule has 13 heavy (non-hydrogen) atoms. The summed E-state index contributed by atoms with van der Waals surface area (Å²) in [6.45, 7) is 2.38. The van der Waals surface area contributed by atoms with Crippen molar-refractivity contribution in [2.45, 2.75) is 32.2 Å². The van der Waals surface area contributed by atoms with Crippen LogP contribution in [0.5, 0.6) is 0 Å². The number of nitrogens with two attached hydrogens (primary N) is 1. The maximum Gasteiger partial charge on any atom is 0.0431 e. The molecule has 0 bridgehead atoms. The van der Waals surface area contributed by atoms with E-state index in [2.05, 4.69) is 19.1 Å². The van der Waals surface area contributed by atoms with E-state index in [0.717, 1.165) is 19.3 Å². The Kier molecular flexibility index (Phi) is 4.42. The molecule has 3 heteroatoms. The molecule has 2 nitrogen and oxygen atoms in total. The predicted molar refractivity (Wildman–Crippen MR) is 56.9 cm³/mol. The number of aryl methyl sites for hydroxylation is 1. The molecule has 1 aromatic heterocycles. The van der Waals surface area contributed by atoms with Crippen molar-refractivity contribution in [2.75, 3.05) is 6.61 Å². The van der Waals surface area contributed by atoms with Crippen molar-refractivity contribution in [3.63, 3.8) is 0 Å². The van der Waals surface area contributed by atoms with Gasteiger partial charge in [0.05, 0.1) is 0 Å². The second kappa shape index (κ2) is 5.37. The van der Waals surface area contributed by atoms with Crippen molar-refractivity contribution >= 4 is 11.3 Å². The zero-order valence-corrected chi connectivity index (χ0v) is 8.81. The molecule has 3 N–H and O–H groups in total. The first kappa shape index (κ1) is 10.7. The largest absolute Gasteiger partial charge is 0.396 e. The quantitative estimate of drug-likeness (QED) is 0.762. The third kappa shape index (κ3) is 3.10. The number of rotatable bonds is 5. The van der Waals surface area contributed by atoms with Gasteiger partial charge in [0.1, 0.15) is 0 Å². The van der Waals surface area contributed by atoms with Crippen molar-refractivity contribution in [2.24, 2.45) is 5.73 Å². The van der Waals surface area contributed by atoms with Gasteiger partial charge in [0.2, 0.25) is 0 Å². The van der Waals surface area contributed by atoms with E-state index in [1.165, 1.54) is 9.75 Å². The summed E-state index contributed by atoms with van der Waals surface area (Å²) >= 11 is 1.78. The SMILES string of the molecule is CCc1ccc([C@@H](N)CCCO)s1. The molecule has 0 aromatic carbocycles. The Morgan fingerprint density at radius 1 is 1.54 bits per heavy atom. The Balaban J connectivity index is 2.50. The minimum Gasteiger partial charge on any atom is -0.396 e. The monoisotopic (exact) mass is 199 g/mol. The van der Waals surface area contributed by atoms with Crippen LogP contribution in [0.3, 0.4) is 0 Å². The zero-order valence-electron chi connectivity index (χ0n) is 7.99. The van der Waals surface area contributed by atoms with Crippen LogP contribution >= 0.6 is 11.3 Å². The highest BCUT2D eigenvalue weighted by Gasteiger charge is 2.07. The van der Waals surface area contributed by atoms with Crippen molar-refractivity contribution in [1.82, 2.24) is 0 Å². The van der Waals surface area contributed by atoms with Crippen molar-refractivity contribution in [1.29, 1.82) is 0 Å². The lowest BCUT2D eigenvalue weighted by atomic mass is 10.1. The molecule has 0 saturated carbocycles. The molecule has 0 spiro atoms. The van der Waals surface area contributed by atoms with Gasteiger partial charge in [-0.2, -0.15) is 0 Å². The smallest absolute Gasteiger partial charge is 0.0431 e. The van der Waals surface area contributed by atoms with E-state index in [-0.39, 0.29) is 12.6 Å². The van der Waals surface area contributed by atoms with E-state index in [9.17, 15) is 0 Å². The molecule has 0 aliphatic rings. The molecular formula is C10H17NOS. The first-order valence-electron chi connectivity index (χ1n) is 4.73. The van der Waals surface area contributed by atoms with Crippen LogP contribution in [-0.4, -0.2) is 11.7 Å². The first-order valence-corrected chi connectivity index (χ1v) is 5.54. The summed E-state index contributed by atoms with van der Waals surface area (Å²) in [7, 11) is 0. The third-order valence-corrected chi connectivity index (χ3v) is 3.43. The lowest BCUT2D eigenvalue weighted by molar-refractivity contribution is 0.280. The maximum absolute atomic E-state index is 8.66. The Morgan fingerprint density at radius 3 is 2.85 bits per heavy atom. The van der Waals surface area contributed by atoms with Gasteiger partial charge in [0.15, 0.2) is 0 Å². The molecule has 0 aliphatic heterocycles. The number of aliphatic hydroxyl groups excluding tert-OH is 1. The van der Waals surface area contributed by atoms with Crippen LogP contribution in [0.15, 0.2) is 12.1 Å². The normalized spacial score (nSPS) is 13.2. The van der Waals surface area contributed by atoms with E-state index in [4.69, 9.17) is 10.8 Å². The number of aliphatic hydroxyl groups is 1. The minimum absolute atomic E-state index is 0.109. The van der Waals surface area contributed by atoms with E-state index in [1.54, 1.807) is 11.3 Å². The summed E-state index contributed by atoms with van der Waals surface area (Å²) in [6, 6.07) is 4.35. The average molecular weight is 199 g/mol. The van der Waals surface area contributed by atoms with Gasteiger partial charge in [-0.25, -0.2) is 0 Å². The summed E-state index contributed by atoms with van der Waals surface area (Å²) in [6.07, 6.45) is 2.75.